The summed E-state index contributed by atoms with van der Waals surface area (Å²) in [5.41, 5.74) is 1.00. The molecular formula is C13H13NO. The average Bonchev–Trinajstić information content (AvgIpc) is 2.28. The minimum atomic E-state index is -0.117. The Morgan fingerprint density at radius 2 is 2.13 bits per heavy atom. The largest absolute Gasteiger partial charge is 0.352 e. The molecule has 76 valence electrons. The SMILES string of the molecule is C#CCCNC(=O)C=Cc1ccccc1. The van der Waals surface area contributed by atoms with Gasteiger partial charge in [-0.15, -0.1) is 12.3 Å². The summed E-state index contributed by atoms with van der Waals surface area (Å²) in [7, 11) is 0. The van der Waals surface area contributed by atoms with E-state index in [-0.39, 0.29) is 5.91 Å². The van der Waals surface area contributed by atoms with Crippen LogP contribution in [0, 0.1) is 12.3 Å². The second-order valence-electron chi connectivity index (χ2n) is 2.99. The fourth-order valence-corrected chi connectivity index (χ4v) is 1.05. The zero-order valence-corrected chi connectivity index (χ0v) is 8.44. The number of benzene rings is 1. The average molecular weight is 199 g/mol. The summed E-state index contributed by atoms with van der Waals surface area (Å²) in [4.78, 5) is 11.2. The summed E-state index contributed by atoms with van der Waals surface area (Å²) in [6.45, 7) is 0.522. The maximum absolute atomic E-state index is 11.2. The molecule has 0 radical (unpaired) electrons. The van der Waals surface area contributed by atoms with Gasteiger partial charge in [-0.25, -0.2) is 0 Å². The van der Waals surface area contributed by atoms with Crippen LogP contribution in [0.2, 0.25) is 0 Å². The third-order valence-electron chi connectivity index (χ3n) is 1.80. The van der Waals surface area contributed by atoms with Crippen LogP contribution in [0.25, 0.3) is 6.08 Å². The highest BCUT2D eigenvalue weighted by Crippen LogP contribution is 2.00. The van der Waals surface area contributed by atoms with E-state index in [0.717, 1.165) is 5.56 Å². The first-order valence-corrected chi connectivity index (χ1v) is 4.77. The summed E-state index contributed by atoms with van der Waals surface area (Å²) < 4.78 is 0. The van der Waals surface area contributed by atoms with Crippen molar-refractivity contribution in [2.24, 2.45) is 0 Å². The number of terminal acetylenes is 1. The molecule has 0 saturated carbocycles. The number of carbonyl (C=O) groups excluding carboxylic acids is 1. The van der Waals surface area contributed by atoms with E-state index < -0.39 is 0 Å². The standard InChI is InChI=1S/C13H13NO/c1-2-3-11-14-13(15)10-9-12-7-5-4-6-8-12/h1,4-10H,3,11H2,(H,14,15). The summed E-state index contributed by atoms with van der Waals surface area (Å²) in [5.74, 6) is 2.34. The van der Waals surface area contributed by atoms with Gasteiger partial charge in [-0.1, -0.05) is 30.3 Å². The summed E-state index contributed by atoms with van der Waals surface area (Å²) in [6, 6.07) is 9.66. The van der Waals surface area contributed by atoms with Gasteiger partial charge in [0, 0.05) is 19.0 Å². The van der Waals surface area contributed by atoms with Crippen LogP contribution in [0.4, 0.5) is 0 Å². The molecule has 1 aromatic carbocycles. The molecule has 0 aliphatic carbocycles. The summed E-state index contributed by atoms with van der Waals surface area (Å²) >= 11 is 0. The summed E-state index contributed by atoms with van der Waals surface area (Å²) in [5, 5.41) is 2.69. The van der Waals surface area contributed by atoms with Crippen molar-refractivity contribution in [3.63, 3.8) is 0 Å². The molecule has 0 aliphatic heterocycles. The van der Waals surface area contributed by atoms with Crippen LogP contribution in [0.5, 0.6) is 0 Å². The van der Waals surface area contributed by atoms with Crippen molar-refractivity contribution in [2.45, 2.75) is 6.42 Å². The zero-order valence-electron chi connectivity index (χ0n) is 8.44. The fourth-order valence-electron chi connectivity index (χ4n) is 1.05. The van der Waals surface area contributed by atoms with Crippen LogP contribution in [-0.4, -0.2) is 12.5 Å². The van der Waals surface area contributed by atoms with Crippen molar-refractivity contribution in [1.82, 2.24) is 5.32 Å². The second-order valence-corrected chi connectivity index (χ2v) is 2.99. The molecule has 0 fully saturated rings. The molecule has 15 heavy (non-hydrogen) atoms. The lowest BCUT2D eigenvalue weighted by Gasteiger charge is -1.97. The number of amides is 1. The van der Waals surface area contributed by atoms with Gasteiger partial charge in [0.1, 0.15) is 0 Å². The van der Waals surface area contributed by atoms with Gasteiger partial charge in [-0.05, 0) is 11.6 Å². The topological polar surface area (TPSA) is 29.1 Å². The maximum Gasteiger partial charge on any atom is 0.244 e. The van der Waals surface area contributed by atoms with Crippen molar-refractivity contribution in [2.75, 3.05) is 6.54 Å². The van der Waals surface area contributed by atoms with E-state index in [0.29, 0.717) is 13.0 Å². The molecule has 1 rings (SSSR count). The van der Waals surface area contributed by atoms with Crippen molar-refractivity contribution in [3.05, 3.63) is 42.0 Å². The van der Waals surface area contributed by atoms with E-state index in [9.17, 15) is 4.79 Å². The van der Waals surface area contributed by atoms with Gasteiger partial charge in [0.15, 0.2) is 0 Å². The first-order valence-electron chi connectivity index (χ1n) is 4.77. The van der Waals surface area contributed by atoms with E-state index in [4.69, 9.17) is 6.42 Å². The molecule has 0 aliphatic rings. The van der Waals surface area contributed by atoms with Gasteiger partial charge in [0.25, 0.3) is 0 Å². The van der Waals surface area contributed by atoms with Crippen LogP contribution < -0.4 is 5.32 Å². The fraction of sp³-hybridized carbons (Fsp3) is 0.154. The van der Waals surface area contributed by atoms with Crippen LogP contribution in [-0.2, 0) is 4.79 Å². The Morgan fingerprint density at radius 3 is 2.80 bits per heavy atom. The molecule has 0 saturated heterocycles. The predicted octanol–water partition coefficient (Wildman–Crippen LogP) is 1.84. The molecule has 0 heterocycles. The highest BCUT2D eigenvalue weighted by atomic mass is 16.1. The third-order valence-corrected chi connectivity index (χ3v) is 1.80. The second kappa shape index (κ2) is 6.44. The Morgan fingerprint density at radius 1 is 1.40 bits per heavy atom. The molecule has 0 atom stereocenters. The highest BCUT2D eigenvalue weighted by molar-refractivity contribution is 5.91. The van der Waals surface area contributed by atoms with Gasteiger partial charge in [-0.3, -0.25) is 4.79 Å². The number of hydrogen-bond acceptors (Lipinski definition) is 1. The Labute approximate surface area is 90.0 Å². The maximum atomic E-state index is 11.2. The van der Waals surface area contributed by atoms with Crippen molar-refractivity contribution in [1.29, 1.82) is 0 Å². The smallest absolute Gasteiger partial charge is 0.244 e. The van der Waals surface area contributed by atoms with E-state index in [1.807, 2.05) is 30.3 Å². The van der Waals surface area contributed by atoms with Crippen molar-refractivity contribution in [3.8, 4) is 12.3 Å². The monoisotopic (exact) mass is 199 g/mol. The van der Waals surface area contributed by atoms with Crippen LogP contribution in [0.15, 0.2) is 36.4 Å². The molecule has 2 heteroatoms. The number of hydrogen-bond donors (Lipinski definition) is 1. The van der Waals surface area contributed by atoms with Gasteiger partial charge in [-0.2, -0.15) is 0 Å². The van der Waals surface area contributed by atoms with Gasteiger partial charge < -0.3 is 5.32 Å². The minimum Gasteiger partial charge on any atom is -0.352 e. The molecule has 0 bridgehead atoms. The number of rotatable bonds is 4. The zero-order chi connectivity index (χ0) is 10.9. The molecule has 1 N–H and O–H groups in total. The first-order chi connectivity index (χ1) is 7.33. The van der Waals surface area contributed by atoms with E-state index in [1.54, 1.807) is 6.08 Å². The highest BCUT2D eigenvalue weighted by Gasteiger charge is 1.92. The first kappa shape index (κ1) is 11.1. The lowest BCUT2D eigenvalue weighted by Crippen LogP contribution is -2.21. The van der Waals surface area contributed by atoms with Crippen LogP contribution in [0.3, 0.4) is 0 Å². The lowest BCUT2D eigenvalue weighted by molar-refractivity contribution is -0.116. The molecule has 1 aromatic rings. The molecular weight excluding hydrogens is 186 g/mol. The molecule has 0 unspecified atom stereocenters. The van der Waals surface area contributed by atoms with Gasteiger partial charge >= 0.3 is 0 Å². The van der Waals surface area contributed by atoms with Gasteiger partial charge in [0.05, 0.1) is 0 Å². The Kier molecular flexibility index (Phi) is 4.75. The van der Waals surface area contributed by atoms with E-state index in [1.165, 1.54) is 6.08 Å². The van der Waals surface area contributed by atoms with E-state index in [2.05, 4.69) is 11.2 Å². The van der Waals surface area contributed by atoms with Crippen LogP contribution in [0.1, 0.15) is 12.0 Å². The number of nitrogens with one attached hydrogen (secondary N) is 1. The molecule has 0 aromatic heterocycles. The lowest BCUT2D eigenvalue weighted by atomic mass is 10.2. The Bertz CT molecular complexity index is 373. The van der Waals surface area contributed by atoms with Crippen molar-refractivity contribution < 1.29 is 4.79 Å². The summed E-state index contributed by atoms with van der Waals surface area (Å²) in [6.07, 6.45) is 8.90. The van der Waals surface area contributed by atoms with Crippen LogP contribution >= 0.6 is 0 Å². The third kappa shape index (κ3) is 4.68. The molecule has 2 nitrogen and oxygen atoms in total. The molecule has 1 amide bonds. The van der Waals surface area contributed by atoms with Crippen molar-refractivity contribution >= 4 is 12.0 Å². The van der Waals surface area contributed by atoms with Gasteiger partial charge in [0.2, 0.25) is 5.91 Å². The Balaban J connectivity index is 2.38. The quantitative estimate of drug-likeness (QED) is 0.447. The predicted molar refractivity (Wildman–Crippen MR) is 61.9 cm³/mol. The number of carbonyl (C=O) groups is 1. The normalized spacial score (nSPS) is 9.80. The molecule has 0 spiro atoms. The Hall–Kier alpha value is -2.01. The minimum absolute atomic E-state index is 0.117. The van der Waals surface area contributed by atoms with E-state index >= 15 is 0 Å².